The molecule has 0 heterocycles. The van der Waals surface area contributed by atoms with E-state index in [2.05, 4.69) is 28.9 Å². The second kappa shape index (κ2) is 7.58. The van der Waals surface area contributed by atoms with E-state index in [1.165, 1.54) is 19.3 Å². The quantitative estimate of drug-likeness (QED) is 0.573. The molecule has 3 heteroatoms. The molecule has 1 aromatic carbocycles. The van der Waals surface area contributed by atoms with Gasteiger partial charge in [0.1, 0.15) is 0 Å². The molecule has 0 saturated heterocycles. The van der Waals surface area contributed by atoms with Gasteiger partial charge < -0.3 is 0 Å². The Kier molecular flexibility index (Phi) is 6.79. The highest BCUT2D eigenvalue weighted by Crippen LogP contribution is 2.27. The fourth-order valence-electron chi connectivity index (χ4n) is 1.71. The van der Waals surface area contributed by atoms with Gasteiger partial charge in [0, 0.05) is 4.83 Å². The third-order valence-corrected chi connectivity index (χ3v) is 4.37. The van der Waals surface area contributed by atoms with Crippen molar-refractivity contribution in [1.82, 2.24) is 0 Å². The number of rotatable bonds is 6. The van der Waals surface area contributed by atoms with Gasteiger partial charge in [0.05, 0.1) is 10.0 Å². The van der Waals surface area contributed by atoms with Crippen molar-refractivity contribution in [1.29, 1.82) is 0 Å². The highest BCUT2D eigenvalue weighted by molar-refractivity contribution is 9.09. The van der Waals surface area contributed by atoms with Crippen molar-refractivity contribution in [2.45, 2.75) is 43.9 Å². The first kappa shape index (κ1) is 14.3. The summed E-state index contributed by atoms with van der Waals surface area (Å²) in [6.07, 6.45) is 5.81. The van der Waals surface area contributed by atoms with Gasteiger partial charge in [-0.3, -0.25) is 0 Å². The number of hydrogen-bond acceptors (Lipinski definition) is 0. The summed E-state index contributed by atoms with van der Waals surface area (Å²) in [7, 11) is 0. The van der Waals surface area contributed by atoms with Crippen LogP contribution in [0.25, 0.3) is 0 Å². The number of aryl methyl sites for hydroxylation is 1. The van der Waals surface area contributed by atoms with Crippen LogP contribution >= 0.6 is 39.1 Å². The highest BCUT2D eigenvalue weighted by atomic mass is 79.9. The van der Waals surface area contributed by atoms with Gasteiger partial charge in [-0.15, -0.1) is 0 Å². The fourth-order valence-corrected chi connectivity index (χ4v) is 2.91. The van der Waals surface area contributed by atoms with Crippen LogP contribution in [0, 0.1) is 0 Å². The summed E-state index contributed by atoms with van der Waals surface area (Å²) in [4.78, 5) is 0.635. The summed E-state index contributed by atoms with van der Waals surface area (Å²) in [5.41, 5.74) is 1.16. The van der Waals surface area contributed by atoms with Crippen LogP contribution in [0.3, 0.4) is 0 Å². The van der Waals surface area contributed by atoms with E-state index in [9.17, 15) is 0 Å². The Balaban J connectivity index is 2.40. The third kappa shape index (κ3) is 4.65. The van der Waals surface area contributed by atoms with Crippen molar-refractivity contribution in [2.75, 3.05) is 0 Å². The van der Waals surface area contributed by atoms with Crippen LogP contribution in [0.5, 0.6) is 0 Å². The maximum atomic E-state index is 6.13. The molecule has 0 aliphatic carbocycles. The summed E-state index contributed by atoms with van der Waals surface area (Å²) < 4.78 is 0. The molecule has 90 valence electrons. The second-order valence-corrected chi connectivity index (χ2v) is 6.07. The van der Waals surface area contributed by atoms with E-state index in [0.29, 0.717) is 14.9 Å². The minimum atomic E-state index is 0.635. The van der Waals surface area contributed by atoms with Crippen LogP contribution < -0.4 is 0 Å². The Bertz CT molecular complexity index is 326. The van der Waals surface area contributed by atoms with Crippen LogP contribution in [-0.4, -0.2) is 4.83 Å². The molecule has 0 nitrogen and oxygen atoms in total. The molecule has 1 rings (SSSR count). The second-order valence-electron chi connectivity index (χ2n) is 3.99. The van der Waals surface area contributed by atoms with Crippen molar-refractivity contribution < 1.29 is 0 Å². The molecule has 0 aliphatic heterocycles. The average Bonchev–Trinajstić information content (AvgIpc) is 2.25. The van der Waals surface area contributed by atoms with E-state index in [4.69, 9.17) is 23.2 Å². The molecule has 16 heavy (non-hydrogen) atoms. The van der Waals surface area contributed by atoms with Crippen molar-refractivity contribution in [3.05, 3.63) is 33.8 Å². The summed E-state index contributed by atoms with van der Waals surface area (Å²) in [6.45, 7) is 2.21. The first-order valence-corrected chi connectivity index (χ1v) is 7.39. The summed E-state index contributed by atoms with van der Waals surface area (Å²) >= 11 is 15.8. The molecule has 0 fully saturated rings. The summed E-state index contributed by atoms with van der Waals surface area (Å²) in [5.74, 6) is 0. The molecular formula is C13H17BrCl2. The van der Waals surface area contributed by atoms with Crippen LogP contribution in [-0.2, 0) is 6.42 Å². The Morgan fingerprint density at radius 2 is 2.00 bits per heavy atom. The van der Waals surface area contributed by atoms with E-state index in [1.807, 2.05) is 12.1 Å². The normalized spacial score (nSPS) is 12.8. The minimum Gasteiger partial charge on any atom is -0.0891 e. The van der Waals surface area contributed by atoms with Crippen molar-refractivity contribution in [3.8, 4) is 0 Å². The maximum absolute atomic E-state index is 6.13. The first-order valence-electron chi connectivity index (χ1n) is 5.72. The molecule has 0 radical (unpaired) electrons. The zero-order chi connectivity index (χ0) is 12.0. The van der Waals surface area contributed by atoms with Crippen LogP contribution in [0.1, 0.15) is 38.2 Å². The number of hydrogen-bond donors (Lipinski definition) is 0. The fraction of sp³-hybridized carbons (Fsp3) is 0.538. The lowest BCUT2D eigenvalue weighted by Gasteiger charge is -2.09. The van der Waals surface area contributed by atoms with Crippen LogP contribution in [0.4, 0.5) is 0 Å². The third-order valence-electron chi connectivity index (χ3n) is 2.60. The van der Waals surface area contributed by atoms with Gasteiger partial charge in [0.25, 0.3) is 0 Å². The Labute approximate surface area is 116 Å². The average molecular weight is 324 g/mol. The van der Waals surface area contributed by atoms with Crippen LogP contribution in [0.2, 0.25) is 10.0 Å². The molecule has 0 amide bonds. The molecule has 0 saturated carbocycles. The molecule has 1 atom stereocenters. The Morgan fingerprint density at radius 1 is 1.25 bits per heavy atom. The van der Waals surface area contributed by atoms with Crippen molar-refractivity contribution >= 4 is 39.1 Å². The van der Waals surface area contributed by atoms with Gasteiger partial charge >= 0.3 is 0 Å². The smallest absolute Gasteiger partial charge is 0.0624 e. The van der Waals surface area contributed by atoms with Gasteiger partial charge in [-0.2, -0.15) is 0 Å². The molecule has 1 unspecified atom stereocenters. The molecule has 0 bridgehead atoms. The first-order chi connectivity index (χ1) is 7.65. The van der Waals surface area contributed by atoms with Gasteiger partial charge in [-0.25, -0.2) is 0 Å². The van der Waals surface area contributed by atoms with E-state index in [-0.39, 0.29) is 0 Å². The number of halogens is 3. The molecule has 1 aromatic rings. The lowest BCUT2D eigenvalue weighted by Crippen LogP contribution is -1.98. The number of benzene rings is 1. The zero-order valence-electron chi connectivity index (χ0n) is 9.48. The monoisotopic (exact) mass is 322 g/mol. The van der Waals surface area contributed by atoms with E-state index >= 15 is 0 Å². The molecule has 0 N–H and O–H groups in total. The van der Waals surface area contributed by atoms with E-state index < -0.39 is 0 Å². The van der Waals surface area contributed by atoms with Gasteiger partial charge in [0.15, 0.2) is 0 Å². The molecular weight excluding hydrogens is 307 g/mol. The van der Waals surface area contributed by atoms with E-state index in [0.717, 1.165) is 18.4 Å². The highest BCUT2D eigenvalue weighted by Gasteiger charge is 2.06. The largest absolute Gasteiger partial charge is 0.0891 e. The lowest BCUT2D eigenvalue weighted by atomic mass is 10.1. The van der Waals surface area contributed by atoms with Crippen molar-refractivity contribution in [3.63, 3.8) is 0 Å². The van der Waals surface area contributed by atoms with Gasteiger partial charge in [-0.1, -0.05) is 64.6 Å². The lowest BCUT2D eigenvalue weighted by molar-refractivity contribution is 0.655. The predicted octanol–water partition coefficient (Wildman–Crippen LogP) is 5.88. The van der Waals surface area contributed by atoms with Crippen LogP contribution in [0.15, 0.2) is 18.2 Å². The summed E-state index contributed by atoms with van der Waals surface area (Å²) in [6, 6.07) is 5.84. The molecule has 0 spiro atoms. The number of alkyl halides is 1. The standard InChI is InChI=1S/C13H17BrCl2/c1-2-5-11(14)8-3-6-10-7-4-9-12(15)13(10)16/h4,7,9,11H,2-3,5-6,8H2,1H3. The SMILES string of the molecule is CCCC(Br)CCCc1cccc(Cl)c1Cl. The topological polar surface area (TPSA) is 0 Å². The maximum Gasteiger partial charge on any atom is 0.0624 e. The van der Waals surface area contributed by atoms with Gasteiger partial charge in [0.2, 0.25) is 0 Å². The molecule has 0 aromatic heterocycles. The zero-order valence-corrected chi connectivity index (χ0v) is 12.6. The minimum absolute atomic E-state index is 0.635. The Morgan fingerprint density at radius 3 is 2.69 bits per heavy atom. The predicted molar refractivity (Wildman–Crippen MR) is 77.0 cm³/mol. The van der Waals surface area contributed by atoms with E-state index in [1.54, 1.807) is 0 Å². The van der Waals surface area contributed by atoms with Crippen molar-refractivity contribution in [2.24, 2.45) is 0 Å². The van der Waals surface area contributed by atoms with Gasteiger partial charge in [-0.05, 0) is 37.3 Å². The summed E-state index contributed by atoms with van der Waals surface area (Å²) in [5, 5.41) is 1.37. The molecule has 0 aliphatic rings. The Hall–Kier alpha value is 0.280.